The fraction of sp³-hybridized carbons (Fsp3) is 0.323. The molecular weight excluding hydrogens is 615 g/mol. The SMILES string of the molecule is CCCN1CCN(C(=O)c2ccc(-c3nc(COc4cc(OC)cc5nc(-c6cn7nc(C)sc7n6)sc45)cs3)cc2)CC1. The Hall–Kier alpha value is -3.91. The number of thiazole rings is 2. The van der Waals surface area contributed by atoms with Crippen molar-refractivity contribution < 1.29 is 14.3 Å². The Bertz CT molecular complexity index is 1900. The summed E-state index contributed by atoms with van der Waals surface area (Å²) in [5, 5.41) is 9.12. The summed E-state index contributed by atoms with van der Waals surface area (Å²) in [6.07, 6.45) is 3.05. The van der Waals surface area contributed by atoms with Gasteiger partial charge in [0.05, 0.1) is 29.2 Å². The van der Waals surface area contributed by atoms with Gasteiger partial charge in [0.25, 0.3) is 5.91 Å². The van der Waals surface area contributed by atoms with E-state index in [4.69, 9.17) is 24.4 Å². The molecule has 44 heavy (non-hydrogen) atoms. The van der Waals surface area contributed by atoms with Gasteiger partial charge in [-0.25, -0.2) is 19.5 Å². The standard InChI is InChI=1S/C31H31N7O3S3/c1-4-9-36-10-12-37(13-11-36)30(39)21-7-5-20(6-8-21)28-32-22(18-42-28)17-41-26-15-23(40-3)14-24-27(26)44-29(33-24)25-16-38-31(34-25)43-19(2)35-38/h5-8,14-16,18H,4,9-13,17H2,1-3H3. The number of imidazole rings is 1. The van der Waals surface area contributed by atoms with E-state index in [1.54, 1.807) is 34.3 Å². The highest BCUT2D eigenvalue weighted by molar-refractivity contribution is 7.22. The van der Waals surface area contributed by atoms with Crippen molar-refractivity contribution in [3.8, 4) is 32.8 Å². The van der Waals surface area contributed by atoms with Gasteiger partial charge < -0.3 is 14.4 Å². The molecule has 6 aromatic rings. The predicted molar refractivity (Wildman–Crippen MR) is 175 cm³/mol. The van der Waals surface area contributed by atoms with Crippen LogP contribution in [0, 0.1) is 6.92 Å². The van der Waals surface area contributed by atoms with Gasteiger partial charge in [-0.3, -0.25) is 9.69 Å². The first-order valence-electron chi connectivity index (χ1n) is 14.5. The summed E-state index contributed by atoms with van der Waals surface area (Å²) in [7, 11) is 1.63. The van der Waals surface area contributed by atoms with Crippen LogP contribution in [-0.4, -0.2) is 80.1 Å². The molecule has 2 aromatic carbocycles. The van der Waals surface area contributed by atoms with Crippen LogP contribution in [0.3, 0.4) is 0 Å². The summed E-state index contributed by atoms with van der Waals surface area (Å²) in [4.78, 5) is 32.6. The van der Waals surface area contributed by atoms with Crippen molar-refractivity contribution >= 4 is 55.1 Å². The van der Waals surface area contributed by atoms with Crippen molar-refractivity contribution in [3.63, 3.8) is 0 Å². The van der Waals surface area contributed by atoms with Crippen LogP contribution in [0.15, 0.2) is 48.0 Å². The molecule has 10 nitrogen and oxygen atoms in total. The lowest BCUT2D eigenvalue weighted by Crippen LogP contribution is -2.48. The Morgan fingerprint density at radius 2 is 1.82 bits per heavy atom. The van der Waals surface area contributed by atoms with E-state index in [-0.39, 0.29) is 5.91 Å². The zero-order chi connectivity index (χ0) is 30.2. The Balaban J connectivity index is 1.04. The summed E-state index contributed by atoms with van der Waals surface area (Å²) < 4.78 is 14.5. The number of nitrogens with zero attached hydrogens (tertiary/aromatic N) is 7. The molecule has 1 amide bonds. The molecule has 1 aliphatic rings. The largest absolute Gasteiger partial charge is 0.497 e. The normalized spacial score (nSPS) is 14.1. The number of rotatable bonds is 9. The molecule has 226 valence electrons. The molecular formula is C31H31N7O3S3. The number of hydrogen-bond acceptors (Lipinski definition) is 11. The van der Waals surface area contributed by atoms with E-state index in [1.165, 1.54) is 11.3 Å². The van der Waals surface area contributed by atoms with Gasteiger partial charge >= 0.3 is 0 Å². The second-order valence-electron chi connectivity index (χ2n) is 10.6. The number of carbonyl (C=O) groups excluding carboxylic acids is 1. The third-order valence-electron chi connectivity index (χ3n) is 7.53. The lowest BCUT2D eigenvalue weighted by molar-refractivity contribution is 0.0637. The molecule has 0 spiro atoms. The molecule has 0 radical (unpaired) electrons. The first kappa shape index (κ1) is 28.8. The molecule has 1 saturated heterocycles. The first-order chi connectivity index (χ1) is 21.5. The summed E-state index contributed by atoms with van der Waals surface area (Å²) in [6.45, 7) is 8.98. The molecule has 13 heteroatoms. The number of aryl methyl sites for hydroxylation is 1. The van der Waals surface area contributed by atoms with E-state index in [1.807, 2.05) is 59.8 Å². The van der Waals surface area contributed by atoms with Crippen LogP contribution in [0.5, 0.6) is 11.5 Å². The van der Waals surface area contributed by atoms with Gasteiger partial charge in [0, 0.05) is 54.8 Å². The Kier molecular flexibility index (Phi) is 8.02. The maximum atomic E-state index is 13.1. The number of benzene rings is 2. The fourth-order valence-electron chi connectivity index (χ4n) is 5.30. The molecule has 1 fully saturated rings. The molecule has 5 heterocycles. The molecule has 0 atom stereocenters. The summed E-state index contributed by atoms with van der Waals surface area (Å²) in [5.41, 5.74) is 4.08. The van der Waals surface area contributed by atoms with Crippen LogP contribution < -0.4 is 9.47 Å². The predicted octanol–water partition coefficient (Wildman–Crippen LogP) is 6.25. The topological polar surface area (TPSA) is 98.0 Å². The van der Waals surface area contributed by atoms with E-state index >= 15 is 0 Å². The molecule has 0 bridgehead atoms. The van der Waals surface area contributed by atoms with Crippen molar-refractivity contribution in [2.75, 3.05) is 39.8 Å². The summed E-state index contributed by atoms with van der Waals surface area (Å²) in [6, 6.07) is 11.6. The monoisotopic (exact) mass is 645 g/mol. The minimum atomic E-state index is 0.0938. The van der Waals surface area contributed by atoms with Crippen molar-refractivity contribution in [1.29, 1.82) is 0 Å². The Morgan fingerprint density at radius 3 is 2.57 bits per heavy atom. The van der Waals surface area contributed by atoms with E-state index in [2.05, 4.69) is 16.9 Å². The van der Waals surface area contributed by atoms with Crippen LogP contribution in [0.2, 0.25) is 0 Å². The fourth-order valence-corrected chi connectivity index (χ4v) is 7.80. The Morgan fingerprint density at radius 1 is 1.00 bits per heavy atom. The maximum Gasteiger partial charge on any atom is 0.253 e. The minimum Gasteiger partial charge on any atom is -0.497 e. The van der Waals surface area contributed by atoms with Crippen molar-refractivity contribution in [3.05, 3.63) is 64.2 Å². The van der Waals surface area contributed by atoms with Gasteiger partial charge in [0.1, 0.15) is 38.8 Å². The van der Waals surface area contributed by atoms with Crippen LogP contribution in [0.4, 0.5) is 0 Å². The highest BCUT2D eigenvalue weighted by Crippen LogP contribution is 2.39. The molecule has 0 aliphatic carbocycles. The Labute approximate surface area is 266 Å². The highest BCUT2D eigenvalue weighted by Gasteiger charge is 2.22. The molecule has 7 rings (SSSR count). The van der Waals surface area contributed by atoms with Crippen molar-refractivity contribution in [2.24, 2.45) is 0 Å². The molecule has 0 unspecified atom stereocenters. The molecule has 0 N–H and O–H groups in total. The number of methoxy groups -OCH3 is 1. The van der Waals surface area contributed by atoms with Gasteiger partial charge in [0.2, 0.25) is 4.96 Å². The minimum absolute atomic E-state index is 0.0938. The van der Waals surface area contributed by atoms with Gasteiger partial charge in [-0.1, -0.05) is 30.4 Å². The third kappa shape index (κ3) is 5.80. The second kappa shape index (κ2) is 12.2. The summed E-state index contributed by atoms with van der Waals surface area (Å²) >= 11 is 4.64. The average molecular weight is 646 g/mol. The number of amides is 1. The lowest BCUT2D eigenvalue weighted by atomic mass is 10.1. The smallest absolute Gasteiger partial charge is 0.253 e. The molecule has 1 aliphatic heterocycles. The van der Waals surface area contributed by atoms with Gasteiger partial charge in [0.15, 0.2) is 0 Å². The number of fused-ring (bicyclic) bond motifs is 2. The van der Waals surface area contributed by atoms with Crippen LogP contribution in [-0.2, 0) is 6.61 Å². The van der Waals surface area contributed by atoms with Crippen LogP contribution >= 0.6 is 34.0 Å². The van der Waals surface area contributed by atoms with Crippen molar-refractivity contribution in [2.45, 2.75) is 26.9 Å². The molecule has 4 aromatic heterocycles. The number of carbonyl (C=O) groups is 1. The van der Waals surface area contributed by atoms with Crippen LogP contribution in [0.1, 0.15) is 34.4 Å². The van der Waals surface area contributed by atoms with Crippen molar-refractivity contribution in [1.82, 2.24) is 34.4 Å². The zero-order valence-electron chi connectivity index (χ0n) is 24.6. The number of piperazine rings is 1. The van der Waals surface area contributed by atoms with E-state index in [0.717, 1.165) is 86.3 Å². The van der Waals surface area contributed by atoms with Gasteiger partial charge in [-0.05, 0) is 32.0 Å². The second-order valence-corrected chi connectivity index (χ2v) is 13.6. The van der Waals surface area contributed by atoms with Crippen LogP contribution in [0.25, 0.3) is 36.5 Å². The third-order valence-corrected chi connectivity index (χ3v) is 10.4. The average Bonchev–Trinajstić information content (AvgIpc) is 3.83. The highest BCUT2D eigenvalue weighted by atomic mass is 32.1. The van der Waals surface area contributed by atoms with E-state index < -0.39 is 0 Å². The number of hydrogen-bond donors (Lipinski definition) is 0. The lowest BCUT2D eigenvalue weighted by Gasteiger charge is -2.34. The number of ether oxygens (including phenoxy) is 2. The summed E-state index contributed by atoms with van der Waals surface area (Å²) in [5.74, 6) is 1.45. The maximum absolute atomic E-state index is 13.1. The van der Waals surface area contributed by atoms with E-state index in [9.17, 15) is 4.79 Å². The van der Waals surface area contributed by atoms with E-state index in [0.29, 0.717) is 23.7 Å². The quantitative estimate of drug-likeness (QED) is 0.182. The number of aromatic nitrogens is 5. The first-order valence-corrected chi connectivity index (χ1v) is 17.0. The zero-order valence-corrected chi connectivity index (χ0v) is 27.1. The van der Waals surface area contributed by atoms with Gasteiger partial charge in [-0.15, -0.1) is 22.7 Å². The van der Waals surface area contributed by atoms with Gasteiger partial charge in [-0.2, -0.15) is 5.10 Å². The molecule has 0 saturated carbocycles.